The minimum atomic E-state index is -0.845. The molecule has 0 atom stereocenters. The van der Waals surface area contributed by atoms with Crippen molar-refractivity contribution in [3.8, 4) is 0 Å². The van der Waals surface area contributed by atoms with Gasteiger partial charge in [-0.25, -0.2) is 13.8 Å². The highest BCUT2D eigenvalue weighted by Gasteiger charge is 2.23. The van der Waals surface area contributed by atoms with E-state index in [0.29, 0.717) is 36.6 Å². The van der Waals surface area contributed by atoms with Gasteiger partial charge in [0.05, 0.1) is 11.3 Å². The van der Waals surface area contributed by atoms with E-state index in [1.54, 1.807) is 6.07 Å². The van der Waals surface area contributed by atoms with Crippen LogP contribution in [0.15, 0.2) is 23.0 Å². The van der Waals surface area contributed by atoms with Crippen LogP contribution in [0.4, 0.5) is 14.7 Å². The molecule has 4 rings (SSSR count). The van der Waals surface area contributed by atoms with Gasteiger partial charge in [-0.05, 0) is 30.5 Å². The topological polar surface area (TPSA) is 52.2 Å². The molecule has 0 spiro atoms. The highest BCUT2D eigenvalue weighted by Crippen LogP contribution is 2.21. The molecule has 0 radical (unpaired) electrons. The Morgan fingerprint density at radius 1 is 1.12 bits per heavy atom. The summed E-state index contributed by atoms with van der Waals surface area (Å²) >= 11 is 0. The number of fused-ring (bicyclic) bond motifs is 1. The number of hydrogen-bond acceptors (Lipinski definition) is 4. The van der Waals surface area contributed by atoms with Crippen molar-refractivity contribution in [2.24, 2.45) is 0 Å². The van der Waals surface area contributed by atoms with E-state index in [1.807, 2.05) is 0 Å². The zero-order valence-electron chi connectivity index (χ0n) is 13.9. The Morgan fingerprint density at radius 2 is 1.92 bits per heavy atom. The Labute approximate surface area is 144 Å². The minimum absolute atomic E-state index is 0.0955. The average Bonchev–Trinajstić information content (AvgIpc) is 3.13. The molecular formula is C18H20F2N4O. The average molecular weight is 346 g/mol. The molecule has 1 N–H and O–H groups in total. The summed E-state index contributed by atoms with van der Waals surface area (Å²) in [5.41, 5.74) is 2.13. The Balaban J connectivity index is 1.52. The predicted molar refractivity (Wildman–Crippen MR) is 90.5 cm³/mol. The van der Waals surface area contributed by atoms with Crippen molar-refractivity contribution in [1.82, 2.24) is 14.9 Å². The van der Waals surface area contributed by atoms with Gasteiger partial charge in [-0.3, -0.25) is 14.7 Å². The maximum absolute atomic E-state index is 13.4. The lowest BCUT2D eigenvalue weighted by Gasteiger charge is -2.28. The molecular weight excluding hydrogens is 326 g/mol. The number of nitrogens with zero attached hydrogens (tertiary/aromatic N) is 3. The molecule has 2 aliphatic rings. The second-order valence-electron chi connectivity index (χ2n) is 6.72. The molecule has 1 saturated heterocycles. The van der Waals surface area contributed by atoms with Gasteiger partial charge in [0.15, 0.2) is 11.6 Å². The van der Waals surface area contributed by atoms with E-state index in [9.17, 15) is 13.6 Å². The monoisotopic (exact) mass is 346 g/mol. The first kappa shape index (κ1) is 16.2. The first-order chi connectivity index (χ1) is 12.1. The lowest BCUT2D eigenvalue weighted by atomic mass is 10.1. The van der Waals surface area contributed by atoms with Crippen LogP contribution in [0.5, 0.6) is 0 Å². The van der Waals surface area contributed by atoms with Gasteiger partial charge in [-0.2, -0.15) is 0 Å². The van der Waals surface area contributed by atoms with Gasteiger partial charge < -0.3 is 4.90 Å². The Kier molecular flexibility index (Phi) is 4.25. The second-order valence-corrected chi connectivity index (χ2v) is 6.72. The molecule has 0 unspecified atom stereocenters. The van der Waals surface area contributed by atoms with Crippen LogP contribution in [0.25, 0.3) is 0 Å². The molecule has 25 heavy (non-hydrogen) atoms. The molecule has 3 heterocycles. The van der Waals surface area contributed by atoms with Gasteiger partial charge in [-0.15, -0.1) is 0 Å². The van der Waals surface area contributed by atoms with Crippen LogP contribution in [0, 0.1) is 11.6 Å². The Bertz CT molecular complexity index is 845. The van der Waals surface area contributed by atoms with Crippen molar-refractivity contribution in [3.05, 3.63) is 57.0 Å². The number of aromatic nitrogens is 2. The fourth-order valence-electron chi connectivity index (χ4n) is 3.58. The fraction of sp³-hybridized carbons (Fsp3) is 0.444. The van der Waals surface area contributed by atoms with Crippen LogP contribution in [-0.4, -0.2) is 34.5 Å². The second kappa shape index (κ2) is 6.55. The van der Waals surface area contributed by atoms with E-state index in [2.05, 4.69) is 19.8 Å². The predicted octanol–water partition coefficient (Wildman–Crippen LogP) is 2.21. The quantitative estimate of drug-likeness (QED) is 0.926. The molecule has 2 aromatic rings. The lowest BCUT2D eigenvalue weighted by molar-refractivity contribution is 0.241. The van der Waals surface area contributed by atoms with Crippen LogP contribution in [-0.2, 0) is 19.5 Å². The highest BCUT2D eigenvalue weighted by molar-refractivity contribution is 5.35. The van der Waals surface area contributed by atoms with Crippen molar-refractivity contribution >= 4 is 5.95 Å². The SMILES string of the molecule is O=c1[nH]c(N2CCCC2)nc2c1CN(Cc1ccc(F)c(F)c1)CC2. The number of hydrogen-bond donors (Lipinski definition) is 1. The molecule has 0 aliphatic carbocycles. The van der Waals surface area contributed by atoms with Crippen molar-refractivity contribution in [2.45, 2.75) is 32.4 Å². The van der Waals surface area contributed by atoms with E-state index in [4.69, 9.17) is 0 Å². The van der Waals surface area contributed by atoms with Crippen LogP contribution in [0.1, 0.15) is 29.7 Å². The molecule has 132 valence electrons. The number of halogens is 2. The number of H-pyrrole nitrogens is 1. The van der Waals surface area contributed by atoms with Gasteiger partial charge in [-0.1, -0.05) is 6.07 Å². The molecule has 2 aliphatic heterocycles. The standard InChI is InChI=1S/C18H20F2N4O/c19-14-4-3-12(9-15(14)20)10-23-8-5-16-13(11-23)17(25)22-18(21-16)24-6-1-2-7-24/h3-4,9H,1-2,5-8,10-11H2,(H,21,22,25). The van der Waals surface area contributed by atoms with E-state index in [-0.39, 0.29) is 5.56 Å². The van der Waals surface area contributed by atoms with Crippen molar-refractivity contribution < 1.29 is 8.78 Å². The van der Waals surface area contributed by atoms with Crippen LogP contribution >= 0.6 is 0 Å². The zero-order valence-corrected chi connectivity index (χ0v) is 13.9. The molecule has 0 bridgehead atoms. The van der Waals surface area contributed by atoms with E-state index in [0.717, 1.165) is 44.2 Å². The summed E-state index contributed by atoms with van der Waals surface area (Å²) in [6, 6.07) is 3.93. The third-order valence-electron chi connectivity index (χ3n) is 4.93. The lowest BCUT2D eigenvalue weighted by Crippen LogP contribution is -2.36. The smallest absolute Gasteiger partial charge is 0.257 e. The van der Waals surface area contributed by atoms with Gasteiger partial charge in [0.2, 0.25) is 5.95 Å². The normalized spacial score (nSPS) is 17.8. The molecule has 0 amide bonds. The Morgan fingerprint density at radius 3 is 2.68 bits per heavy atom. The summed E-state index contributed by atoms with van der Waals surface area (Å²) in [7, 11) is 0. The molecule has 0 saturated carbocycles. The van der Waals surface area contributed by atoms with Gasteiger partial charge in [0.1, 0.15) is 0 Å². The van der Waals surface area contributed by atoms with Crippen LogP contribution in [0.2, 0.25) is 0 Å². The molecule has 1 fully saturated rings. The van der Waals surface area contributed by atoms with E-state index < -0.39 is 11.6 Å². The number of nitrogens with one attached hydrogen (secondary N) is 1. The molecule has 5 nitrogen and oxygen atoms in total. The number of benzene rings is 1. The van der Waals surface area contributed by atoms with Crippen LogP contribution < -0.4 is 10.5 Å². The molecule has 7 heteroatoms. The van der Waals surface area contributed by atoms with Gasteiger partial charge in [0.25, 0.3) is 5.56 Å². The van der Waals surface area contributed by atoms with Gasteiger partial charge in [0, 0.05) is 39.1 Å². The number of anilines is 1. The van der Waals surface area contributed by atoms with Crippen molar-refractivity contribution in [2.75, 3.05) is 24.5 Å². The summed E-state index contributed by atoms with van der Waals surface area (Å²) in [5, 5.41) is 0. The summed E-state index contributed by atoms with van der Waals surface area (Å²) in [6.45, 7) is 3.55. The summed E-state index contributed by atoms with van der Waals surface area (Å²) < 4.78 is 26.4. The fourth-order valence-corrected chi connectivity index (χ4v) is 3.58. The van der Waals surface area contributed by atoms with Crippen LogP contribution in [0.3, 0.4) is 0 Å². The molecule has 1 aromatic carbocycles. The number of aromatic amines is 1. The summed E-state index contributed by atoms with van der Waals surface area (Å²) in [5.74, 6) is -1.01. The first-order valence-corrected chi connectivity index (χ1v) is 8.63. The minimum Gasteiger partial charge on any atom is -0.342 e. The first-order valence-electron chi connectivity index (χ1n) is 8.63. The van der Waals surface area contributed by atoms with E-state index in [1.165, 1.54) is 6.07 Å². The van der Waals surface area contributed by atoms with E-state index >= 15 is 0 Å². The summed E-state index contributed by atoms with van der Waals surface area (Å²) in [6.07, 6.45) is 2.94. The third kappa shape index (κ3) is 3.28. The maximum atomic E-state index is 13.4. The third-order valence-corrected chi connectivity index (χ3v) is 4.93. The maximum Gasteiger partial charge on any atom is 0.257 e. The van der Waals surface area contributed by atoms with Gasteiger partial charge >= 0.3 is 0 Å². The summed E-state index contributed by atoms with van der Waals surface area (Å²) in [4.78, 5) is 24.2. The number of rotatable bonds is 3. The van der Waals surface area contributed by atoms with Crippen molar-refractivity contribution in [1.29, 1.82) is 0 Å². The molecule has 1 aromatic heterocycles. The van der Waals surface area contributed by atoms with Crippen molar-refractivity contribution in [3.63, 3.8) is 0 Å². The Hall–Kier alpha value is -2.28. The zero-order chi connectivity index (χ0) is 17.4. The highest BCUT2D eigenvalue weighted by atomic mass is 19.2. The largest absolute Gasteiger partial charge is 0.342 e.